The van der Waals surface area contributed by atoms with E-state index in [4.69, 9.17) is 4.74 Å². The van der Waals surface area contributed by atoms with E-state index in [0.717, 1.165) is 12.1 Å². The van der Waals surface area contributed by atoms with Crippen molar-refractivity contribution >= 4 is 23.2 Å². The van der Waals surface area contributed by atoms with Crippen LogP contribution in [0.3, 0.4) is 0 Å². The third-order valence-electron chi connectivity index (χ3n) is 5.86. The third-order valence-corrected chi connectivity index (χ3v) is 5.86. The minimum absolute atomic E-state index is 0.0682. The molecule has 1 saturated heterocycles. The number of ether oxygens (including phenoxy) is 1. The first kappa shape index (κ1) is 26.0. The number of carbonyl (C=O) groups is 2. The maximum atomic E-state index is 14.8. The zero-order valence-electron chi connectivity index (χ0n) is 19.7. The number of aryl methyl sites for hydroxylation is 1. The number of para-hydroxylation sites is 1. The van der Waals surface area contributed by atoms with Gasteiger partial charge in [0.25, 0.3) is 5.91 Å². The van der Waals surface area contributed by atoms with Crippen LogP contribution in [-0.4, -0.2) is 40.5 Å². The van der Waals surface area contributed by atoms with Gasteiger partial charge in [-0.05, 0) is 31.2 Å². The highest BCUT2D eigenvalue weighted by Crippen LogP contribution is 2.36. The van der Waals surface area contributed by atoms with Crippen LogP contribution in [0.5, 0.6) is 0 Å². The van der Waals surface area contributed by atoms with Crippen molar-refractivity contribution in [1.29, 1.82) is 0 Å². The summed E-state index contributed by atoms with van der Waals surface area (Å²) in [5.41, 5.74) is -2.07. The van der Waals surface area contributed by atoms with Crippen LogP contribution in [0.4, 0.5) is 28.9 Å². The van der Waals surface area contributed by atoms with Crippen molar-refractivity contribution in [3.05, 3.63) is 83.2 Å². The smallest absolute Gasteiger partial charge is 0.378 e. The van der Waals surface area contributed by atoms with E-state index in [0.29, 0.717) is 5.82 Å². The molecule has 1 fully saturated rings. The molecule has 2 aromatic carbocycles. The van der Waals surface area contributed by atoms with Gasteiger partial charge in [0, 0.05) is 43.2 Å². The van der Waals surface area contributed by atoms with Crippen molar-refractivity contribution in [2.24, 2.45) is 0 Å². The van der Waals surface area contributed by atoms with Crippen molar-refractivity contribution in [2.45, 2.75) is 31.6 Å². The van der Waals surface area contributed by atoms with Gasteiger partial charge < -0.3 is 20.7 Å². The normalized spacial score (nSPS) is 17.3. The Morgan fingerprint density at radius 1 is 1.11 bits per heavy atom. The number of rotatable bonds is 7. The van der Waals surface area contributed by atoms with Gasteiger partial charge in [0.2, 0.25) is 5.91 Å². The molecular weight excluding hydrogens is 494 g/mol. The van der Waals surface area contributed by atoms with Gasteiger partial charge in [0.05, 0.1) is 23.4 Å². The average molecular weight is 517 g/mol. The second-order valence-electron chi connectivity index (χ2n) is 8.51. The van der Waals surface area contributed by atoms with Gasteiger partial charge in [-0.3, -0.25) is 9.59 Å². The predicted molar refractivity (Wildman–Crippen MR) is 125 cm³/mol. The summed E-state index contributed by atoms with van der Waals surface area (Å²) >= 11 is 0. The minimum Gasteiger partial charge on any atom is -0.378 e. The molecule has 0 saturated carbocycles. The molecule has 3 aromatic rings. The zero-order chi connectivity index (χ0) is 26.6. The van der Waals surface area contributed by atoms with E-state index >= 15 is 0 Å². The topological polar surface area (TPSA) is 105 Å². The highest BCUT2D eigenvalue weighted by Gasteiger charge is 2.44. The fourth-order valence-electron chi connectivity index (χ4n) is 3.81. The molecule has 3 N–H and O–H groups in total. The summed E-state index contributed by atoms with van der Waals surface area (Å²) in [6.45, 7) is 1.63. The Balaban J connectivity index is 1.43. The molecule has 8 nitrogen and oxygen atoms in total. The second-order valence-corrected chi connectivity index (χ2v) is 8.51. The largest absolute Gasteiger partial charge is 0.418 e. The van der Waals surface area contributed by atoms with Crippen LogP contribution < -0.4 is 16.0 Å². The second kappa shape index (κ2) is 10.5. The van der Waals surface area contributed by atoms with Crippen LogP contribution in [0.2, 0.25) is 0 Å². The molecule has 0 aliphatic carbocycles. The molecule has 0 bridgehead atoms. The van der Waals surface area contributed by atoms with E-state index in [-0.39, 0.29) is 48.7 Å². The van der Waals surface area contributed by atoms with Crippen molar-refractivity contribution in [3.8, 4) is 0 Å². The summed E-state index contributed by atoms with van der Waals surface area (Å²) in [7, 11) is 0. The highest BCUT2D eigenvalue weighted by molar-refractivity contribution is 5.99. The van der Waals surface area contributed by atoms with Crippen molar-refractivity contribution in [1.82, 2.24) is 20.6 Å². The summed E-state index contributed by atoms with van der Waals surface area (Å²) in [6.07, 6.45) is -1.68. The van der Waals surface area contributed by atoms with Crippen LogP contribution in [0.15, 0.2) is 54.9 Å². The predicted octanol–water partition coefficient (Wildman–Crippen LogP) is 3.89. The van der Waals surface area contributed by atoms with Crippen LogP contribution >= 0.6 is 0 Å². The lowest BCUT2D eigenvalue weighted by molar-refractivity contribution is -0.137. The number of aromatic nitrogens is 2. The average Bonchev–Trinajstić information content (AvgIpc) is 3.33. The molecule has 37 heavy (non-hydrogen) atoms. The summed E-state index contributed by atoms with van der Waals surface area (Å²) in [6, 6.07) is 8.68. The maximum Gasteiger partial charge on any atom is 0.418 e. The van der Waals surface area contributed by atoms with E-state index in [1.54, 1.807) is 6.92 Å². The first-order valence-electron chi connectivity index (χ1n) is 11.3. The Bertz CT molecular complexity index is 1290. The fraction of sp³-hybridized carbons (Fsp3) is 0.280. The molecule has 194 valence electrons. The monoisotopic (exact) mass is 517 g/mol. The van der Waals surface area contributed by atoms with Crippen LogP contribution in [0.25, 0.3) is 0 Å². The van der Waals surface area contributed by atoms with Gasteiger partial charge in [-0.1, -0.05) is 18.2 Å². The van der Waals surface area contributed by atoms with Crippen LogP contribution in [0, 0.1) is 12.7 Å². The lowest BCUT2D eigenvalue weighted by atomic mass is 9.96. The number of hydrogen-bond acceptors (Lipinski definition) is 6. The SMILES string of the molecule is Cc1ncc(C(=O)N[C@@]2(C(=O)NCc3ccc(Nc4ccccc4C(F)(F)F)cc3F)CCOC2)cn1. The Kier molecular flexibility index (Phi) is 7.39. The van der Waals surface area contributed by atoms with Gasteiger partial charge in [-0.25, -0.2) is 14.4 Å². The summed E-state index contributed by atoms with van der Waals surface area (Å²) < 4.78 is 59.8. The number of anilines is 2. The van der Waals surface area contributed by atoms with Crippen molar-refractivity contribution in [2.75, 3.05) is 18.5 Å². The lowest BCUT2D eigenvalue weighted by Crippen LogP contribution is -2.59. The highest BCUT2D eigenvalue weighted by atomic mass is 19.4. The van der Waals surface area contributed by atoms with E-state index in [1.165, 1.54) is 42.7 Å². The minimum atomic E-state index is -4.58. The quantitative estimate of drug-likeness (QED) is 0.411. The number of alkyl halides is 3. The van der Waals surface area contributed by atoms with E-state index in [2.05, 4.69) is 25.9 Å². The number of halogens is 4. The molecule has 1 atom stereocenters. The summed E-state index contributed by atoms with van der Waals surface area (Å²) in [5, 5.41) is 7.88. The Morgan fingerprint density at radius 3 is 2.49 bits per heavy atom. The fourth-order valence-corrected chi connectivity index (χ4v) is 3.81. The Morgan fingerprint density at radius 2 is 1.84 bits per heavy atom. The van der Waals surface area contributed by atoms with Gasteiger partial charge in [-0.2, -0.15) is 13.2 Å². The van der Waals surface area contributed by atoms with E-state index in [9.17, 15) is 27.2 Å². The number of nitrogens with one attached hydrogen (secondary N) is 3. The summed E-state index contributed by atoms with van der Waals surface area (Å²) in [4.78, 5) is 33.6. The first-order valence-corrected chi connectivity index (χ1v) is 11.3. The molecule has 4 rings (SSSR count). The molecule has 0 radical (unpaired) electrons. The molecule has 1 aromatic heterocycles. The maximum absolute atomic E-state index is 14.8. The van der Waals surface area contributed by atoms with Gasteiger partial charge in [0.15, 0.2) is 0 Å². The van der Waals surface area contributed by atoms with E-state index < -0.39 is 34.9 Å². The Labute approximate surface area is 209 Å². The van der Waals surface area contributed by atoms with Crippen molar-refractivity contribution in [3.63, 3.8) is 0 Å². The molecule has 1 aliphatic heterocycles. The third kappa shape index (κ3) is 6.02. The van der Waals surface area contributed by atoms with E-state index in [1.807, 2.05) is 0 Å². The molecular formula is C25H23F4N5O3. The number of carbonyl (C=O) groups excluding carboxylic acids is 2. The van der Waals surface area contributed by atoms with Gasteiger partial charge >= 0.3 is 6.18 Å². The lowest BCUT2D eigenvalue weighted by Gasteiger charge is -2.27. The Hall–Kier alpha value is -4.06. The molecule has 0 unspecified atom stereocenters. The van der Waals surface area contributed by atoms with Gasteiger partial charge in [-0.15, -0.1) is 0 Å². The van der Waals surface area contributed by atoms with Crippen LogP contribution in [-0.2, 0) is 22.3 Å². The number of nitrogens with zero attached hydrogens (tertiary/aromatic N) is 2. The number of benzene rings is 2. The molecule has 12 heteroatoms. The van der Waals surface area contributed by atoms with Crippen LogP contribution in [0.1, 0.15) is 33.7 Å². The molecule has 2 heterocycles. The summed E-state index contributed by atoms with van der Waals surface area (Å²) in [5.74, 6) is -1.36. The zero-order valence-corrected chi connectivity index (χ0v) is 19.7. The molecule has 1 aliphatic rings. The van der Waals surface area contributed by atoms with Crippen molar-refractivity contribution < 1.29 is 31.9 Å². The molecule has 0 spiro atoms. The first-order chi connectivity index (χ1) is 17.6. The molecule has 2 amide bonds. The standard InChI is InChI=1S/C25H23F4N5O3/c1-15-30-12-17(13-31-15)22(35)34-24(8-9-37-14-24)23(36)32-11-16-6-7-18(10-20(16)26)33-21-5-3-2-4-19(21)25(27,28)29/h2-7,10,12-13,33H,8-9,11,14H2,1H3,(H,32,36)(H,34,35)/t24-/m0/s1. The number of hydrogen-bond donors (Lipinski definition) is 3. The van der Waals surface area contributed by atoms with Gasteiger partial charge in [0.1, 0.15) is 17.2 Å². The number of amides is 2.